The summed E-state index contributed by atoms with van der Waals surface area (Å²) in [6.45, 7) is 7.81. The Balaban J connectivity index is 2.12. The molecule has 2 N–H and O–H groups in total. The van der Waals surface area contributed by atoms with Gasteiger partial charge in [-0.15, -0.1) is 11.3 Å². The van der Waals surface area contributed by atoms with Crippen molar-refractivity contribution >= 4 is 28.8 Å². The van der Waals surface area contributed by atoms with E-state index in [2.05, 4.69) is 10.6 Å². The second-order valence-corrected chi connectivity index (χ2v) is 6.86. The van der Waals surface area contributed by atoms with Crippen LogP contribution in [0.5, 0.6) is 0 Å². The monoisotopic (exact) mass is 330 g/mol. The molecule has 0 saturated heterocycles. The molecule has 1 aromatic carbocycles. The molecule has 0 spiro atoms. The van der Waals surface area contributed by atoms with E-state index < -0.39 is 6.04 Å². The van der Waals surface area contributed by atoms with E-state index in [1.165, 1.54) is 11.3 Å². The minimum atomic E-state index is -0.579. The molecule has 5 heteroatoms. The number of carbonyl (C=O) groups is 2. The molecule has 2 amide bonds. The molecule has 0 saturated carbocycles. The van der Waals surface area contributed by atoms with Gasteiger partial charge in [-0.2, -0.15) is 0 Å². The lowest BCUT2D eigenvalue weighted by Crippen LogP contribution is -2.47. The molecule has 122 valence electrons. The number of thiophene rings is 1. The van der Waals surface area contributed by atoms with Crippen molar-refractivity contribution in [3.05, 3.63) is 51.7 Å². The number of anilines is 1. The average Bonchev–Trinajstić information content (AvgIpc) is 3.03. The Kier molecular flexibility index (Phi) is 5.55. The fraction of sp³-hybridized carbons (Fsp3) is 0.333. The average molecular weight is 330 g/mol. The van der Waals surface area contributed by atoms with Crippen molar-refractivity contribution in [2.24, 2.45) is 5.92 Å². The fourth-order valence-electron chi connectivity index (χ4n) is 2.25. The van der Waals surface area contributed by atoms with E-state index >= 15 is 0 Å². The van der Waals surface area contributed by atoms with Gasteiger partial charge in [0.1, 0.15) is 6.04 Å². The van der Waals surface area contributed by atoms with E-state index in [-0.39, 0.29) is 17.7 Å². The second-order valence-electron chi connectivity index (χ2n) is 5.91. The third-order valence-electron chi connectivity index (χ3n) is 3.84. The summed E-state index contributed by atoms with van der Waals surface area (Å²) in [5, 5.41) is 7.61. The molecule has 0 aliphatic heterocycles. The molecule has 1 unspecified atom stereocenters. The zero-order valence-corrected chi connectivity index (χ0v) is 14.7. The largest absolute Gasteiger partial charge is 0.339 e. The Labute approximate surface area is 140 Å². The van der Waals surface area contributed by atoms with Crippen molar-refractivity contribution in [3.8, 4) is 0 Å². The van der Waals surface area contributed by atoms with E-state index in [1.807, 2.05) is 57.3 Å². The number of carbonyl (C=O) groups excluding carboxylic acids is 2. The van der Waals surface area contributed by atoms with Crippen LogP contribution in [0.1, 0.15) is 34.6 Å². The van der Waals surface area contributed by atoms with Crippen LogP contribution >= 0.6 is 11.3 Å². The van der Waals surface area contributed by atoms with Crippen molar-refractivity contribution in [3.63, 3.8) is 0 Å². The molecular weight excluding hydrogens is 308 g/mol. The predicted octanol–water partition coefficient (Wildman–Crippen LogP) is 3.76. The standard InChI is InChI=1S/C18H22N2O2S/c1-11(2)16(20-17(21)15-9-6-10-23-15)18(22)19-14-8-5-7-12(3)13(14)4/h5-11,16H,1-4H3,(H,19,22)(H,20,21). The first-order chi connectivity index (χ1) is 10.9. The number of aryl methyl sites for hydroxylation is 1. The summed E-state index contributed by atoms with van der Waals surface area (Å²) >= 11 is 1.36. The van der Waals surface area contributed by atoms with Gasteiger partial charge in [0.25, 0.3) is 5.91 Å². The third-order valence-corrected chi connectivity index (χ3v) is 4.71. The minimum absolute atomic E-state index is 0.0102. The van der Waals surface area contributed by atoms with Gasteiger partial charge in [-0.3, -0.25) is 9.59 Å². The SMILES string of the molecule is Cc1cccc(NC(=O)C(NC(=O)c2cccs2)C(C)C)c1C. The number of rotatable bonds is 5. The molecule has 0 fully saturated rings. The Bertz CT molecular complexity index is 693. The minimum Gasteiger partial charge on any atom is -0.339 e. The van der Waals surface area contributed by atoms with Crippen molar-refractivity contribution in [1.82, 2.24) is 5.32 Å². The molecule has 2 aromatic rings. The first-order valence-electron chi connectivity index (χ1n) is 7.61. The van der Waals surface area contributed by atoms with Gasteiger partial charge in [0.2, 0.25) is 5.91 Å². The first-order valence-corrected chi connectivity index (χ1v) is 8.49. The van der Waals surface area contributed by atoms with Crippen LogP contribution in [0.3, 0.4) is 0 Å². The van der Waals surface area contributed by atoms with Crippen molar-refractivity contribution < 1.29 is 9.59 Å². The lowest BCUT2D eigenvalue weighted by atomic mass is 10.0. The molecule has 0 aliphatic carbocycles. The lowest BCUT2D eigenvalue weighted by Gasteiger charge is -2.22. The van der Waals surface area contributed by atoms with Crippen LogP contribution in [-0.4, -0.2) is 17.9 Å². The Morgan fingerprint density at radius 2 is 1.83 bits per heavy atom. The van der Waals surface area contributed by atoms with Crippen LogP contribution in [-0.2, 0) is 4.79 Å². The highest BCUT2D eigenvalue weighted by Crippen LogP contribution is 2.19. The quantitative estimate of drug-likeness (QED) is 0.877. The van der Waals surface area contributed by atoms with Gasteiger partial charge in [-0.25, -0.2) is 0 Å². The number of nitrogens with one attached hydrogen (secondary N) is 2. The maximum Gasteiger partial charge on any atom is 0.262 e. The highest BCUT2D eigenvalue weighted by molar-refractivity contribution is 7.12. The van der Waals surface area contributed by atoms with Gasteiger partial charge in [0, 0.05) is 5.69 Å². The van der Waals surface area contributed by atoms with Crippen LogP contribution in [0.2, 0.25) is 0 Å². The molecule has 4 nitrogen and oxygen atoms in total. The normalized spacial score (nSPS) is 12.0. The third kappa shape index (κ3) is 4.20. The summed E-state index contributed by atoms with van der Waals surface area (Å²) < 4.78 is 0. The smallest absolute Gasteiger partial charge is 0.262 e. The van der Waals surface area contributed by atoms with E-state index in [0.717, 1.165) is 16.8 Å². The van der Waals surface area contributed by atoms with E-state index in [0.29, 0.717) is 4.88 Å². The molecule has 2 rings (SSSR count). The summed E-state index contributed by atoms with van der Waals surface area (Å²) in [7, 11) is 0. The topological polar surface area (TPSA) is 58.2 Å². The highest BCUT2D eigenvalue weighted by atomic mass is 32.1. The number of benzene rings is 1. The maximum atomic E-state index is 12.6. The summed E-state index contributed by atoms with van der Waals surface area (Å²) in [6, 6.07) is 8.78. The molecular formula is C18H22N2O2S. The summed E-state index contributed by atoms with van der Waals surface area (Å²) in [5.74, 6) is -0.419. The van der Waals surface area contributed by atoms with Crippen molar-refractivity contribution in [1.29, 1.82) is 0 Å². The number of amides is 2. The summed E-state index contributed by atoms with van der Waals surface area (Å²) in [4.78, 5) is 25.4. The van der Waals surface area contributed by atoms with Crippen LogP contribution in [0.4, 0.5) is 5.69 Å². The van der Waals surface area contributed by atoms with Crippen molar-refractivity contribution in [2.45, 2.75) is 33.7 Å². The lowest BCUT2D eigenvalue weighted by molar-refractivity contribution is -0.118. The fourth-order valence-corrected chi connectivity index (χ4v) is 2.88. The van der Waals surface area contributed by atoms with E-state index in [4.69, 9.17) is 0 Å². The van der Waals surface area contributed by atoms with E-state index in [9.17, 15) is 9.59 Å². The van der Waals surface area contributed by atoms with Gasteiger partial charge in [-0.1, -0.05) is 32.0 Å². The molecule has 1 atom stereocenters. The molecule has 23 heavy (non-hydrogen) atoms. The summed E-state index contributed by atoms with van der Waals surface area (Å²) in [5.41, 5.74) is 2.94. The van der Waals surface area contributed by atoms with E-state index in [1.54, 1.807) is 6.07 Å². The highest BCUT2D eigenvalue weighted by Gasteiger charge is 2.25. The van der Waals surface area contributed by atoms with Gasteiger partial charge in [0.15, 0.2) is 0 Å². The first kappa shape index (κ1) is 17.2. The van der Waals surface area contributed by atoms with Crippen LogP contribution in [0.15, 0.2) is 35.7 Å². The van der Waals surface area contributed by atoms with Crippen LogP contribution < -0.4 is 10.6 Å². The zero-order valence-electron chi connectivity index (χ0n) is 13.8. The van der Waals surface area contributed by atoms with Crippen LogP contribution in [0.25, 0.3) is 0 Å². The van der Waals surface area contributed by atoms with Crippen molar-refractivity contribution in [2.75, 3.05) is 5.32 Å². The number of hydrogen-bond donors (Lipinski definition) is 2. The Hall–Kier alpha value is -2.14. The molecule has 0 radical (unpaired) electrons. The second kappa shape index (κ2) is 7.42. The molecule has 0 aliphatic rings. The number of hydrogen-bond acceptors (Lipinski definition) is 3. The predicted molar refractivity (Wildman–Crippen MR) is 95.0 cm³/mol. The molecule has 1 aromatic heterocycles. The zero-order chi connectivity index (χ0) is 17.0. The van der Waals surface area contributed by atoms with Gasteiger partial charge in [0.05, 0.1) is 4.88 Å². The molecule has 0 bridgehead atoms. The van der Waals surface area contributed by atoms with Gasteiger partial charge >= 0.3 is 0 Å². The summed E-state index contributed by atoms with van der Waals surface area (Å²) in [6.07, 6.45) is 0. The molecule has 1 heterocycles. The Morgan fingerprint density at radius 1 is 1.09 bits per heavy atom. The van der Waals surface area contributed by atoms with Gasteiger partial charge < -0.3 is 10.6 Å². The maximum absolute atomic E-state index is 12.6. The van der Waals surface area contributed by atoms with Gasteiger partial charge in [-0.05, 0) is 48.4 Å². The Morgan fingerprint density at radius 3 is 2.43 bits per heavy atom. The van der Waals surface area contributed by atoms with Crippen LogP contribution in [0, 0.1) is 19.8 Å².